The van der Waals surface area contributed by atoms with Crippen LogP contribution in [0, 0.1) is 26.7 Å². The third kappa shape index (κ3) is 3.84. The molecule has 1 heterocycles. The molecule has 0 spiro atoms. The standard InChI is InChI=1S/C17H23N3O3S/c1-11-4-5-12(2)16(8-11)24(21,22)20-15-7-6-14(9-15)10-17-19-18-13(3)23-17/h4-5,8,14-15,20H,6-7,9-10H2,1-3H3/t14-,15+/m1/s1. The lowest BCUT2D eigenvalue weighted by Gasteiger charge is -2.15. The third-order valence-electron chi connectivity index (χ3n) is 4.53. The Balaban J connectivity index is 1.65. The van der Waals surface area contributed by atoms with Crippen LogP contribution < -0.4 is 4.72 Å². The first-order chi connectivity index (χ1) is 11.3. The predicted molar refractivity (Wildman–Crippen MR) is 90.1 cm³/mol. The van der Waals surface area contributed by atoms with E-state index in [9.17, 15) is 8.42 Å². The highest BCUT2D eigenvalue weighted by Crippen LogP contribution is 2.30. The second kappa shape index (κ2) is 6.64. The Bertz CT molecular complexity index is 829. The molecule has 1 N–H and O–H groups in total. The largest absolute Gasteiger partial charge is 0.426 e. The van der Waals surface area contributed by atoms with Gasteiger partial charge in [-0.15, -0.1) is 10.2 Å². The highest BCUT2D eigenvalue weighted by Gasteiger charge is 2.30. The molecule has 0 amide bonds. The van der Waals surface area contributed by atoms with Crippen molar-refractivity contribution in [2.45, 2.75) is 57.4 Å². The van der Waals surface area contributed by atoms with Crippen molar-refractivity contribution >= 4 is 10.0 Å². The fraction of sp³-hybridized carbons (Fsp3) is 0.529. The van der Waals surface area contributed by atoms with Gasteiger partial charge in [-0.1, -0.05) is 12.1 Å². The maximum Gasteiger partial charge on any atom is 0.241 e. The van der Waals surface area contributed by atoms with Gasteiger partial charge in [-0.05, 0) is 56.2 Å². The van der Waals surface area contributed by atoms with E-state index in [1.807, 2.05) is 26.0 Å². The third-order valence-corrected chi connectivity index (χ3v) is 6.19. The van der Waals surface area contributed by atoms with Crippen LogP contribution in [0.5, 0.6) is 0 Å². The van der Waals surface area contributed by atoms with Crippen molar-refractivity contribution < 1.29 is 12.8 Å². The van der Waals surface area contributed by atoms with E-state index in [0.717, 1.165) is 30.4 Å². The normalized spacial score (nSPS) is 21.3. The lowest BCUT2D eigenvalue weighted by molar-refractivity contribution is 0.413. The fourth-order valence-corrected chi connectivity index (χ4v) is 4.93. The Kier molecular flexibility index (Phi) is 4.73. The Labute approximate surface area is 142 Å². The number of nitrogens with one attached hydrogen (secondary N) is 1. The lowest BCUT2D eigenvalue weighted by atomic mass is 10.0. The van der Waals surface area contributed by atoms with Crippen molar-refractivity contribution in [1.29, 1.82) is 0 Å². The Morgan fingerprint density at radius 3 is 2.71 bits per heavy atom. The van der Waals surface area contributed by atoms with Gasteiger partial charge >= 0.3 is 0 Å². The van der Waals surface area contributed by atoms with E-state index < -0.39 is 10.0 Å². The summed E-state index contributed by atoms with van der Waals surface area (Å²) in [5, 5.41) is 7.86. The molecule has 2 aromatic rings. The number of nitrogens with zero attached hydrogens (tertiary/aromatic N) is 2. The summed E-state index contributed by atoms with van der Waals surface area (Å²) in [7, 11) is -3.49. The minimum Gasteiger partial charge on any atom is -0.426 e. The van der Waals surface area contributed by atoms with Crippen molar-refractivity contribution in [3.8, 4) is 0 Å². The van der Waals surface area contributed by atoms with E-state index in [0.29, 0.717) is 29.0 Å². The number of rotatable bonds is 5. The first kappa shape index (κ1) is 17.1. The van der Waals surface area contributed by atoms with Crippen LogP contribution >= 0.6 is 0 Å². The van der Waals surface area contributed by atoms with E-state index >= 15 is 0 Å². The summed E-state index contributed by atoms with van der Waals surface area (Å²) in [5.74, 6) is 1.57. The SMILES string of the molecule is Cc1ccc(C)c(S(=O)(=O)N[C@H]2CC[C@@H](Cc3nnc(C)o3)C2)c1. The number of sulfonamides is 1. The van der Waals surface area contributed by atoms with Crippen LogP contribution in [0.1, 0.15) is 42.2 Å². The molecule has 1 aromatic carbocycles. The molecule has 0 bridgehead atoms. The zero-order valence-corrected chi connectivity index (χ0v) is 15.1. The van der Waals surface area contributed by atoms with Gasteiger partial charge in [-0.3, -0.25) is 0 Å². The first-order valence-corrected chi connectivity index (χ1v) is 9.70. The van der Waals surface area contributed by atoms with Gasteiger partial charge in [0.05, 0.1) is 4.90 Å². The van der Waals surface area contributed by atoms with Crippen molar-refractivity contribution in [2.24, 2.45) is 5.92 Å². The van der Waals surface area contributed by atoms with Gasteiger partial charge in [-0.25, -0.2) is 13.1 Å². The maximum absolute atomic E-state index is 12.7. The molecule has 0 saturated heterocycles. The molecule has 1 fully saturated rings. The average Bonchev–Trinajstić information content (AvgIpc) is 3.10. The van der Waals surface area contributed by atoms with Gasteiger partial charge in [0.2, 0.25) is 21.8 Å². The zero-order chi connectivity index (χ0) is 17.3. The van der Waals surface area contributed by atoms with Gasteiger partial charge in [-0.2, -0.15) is 0 Å². The maximum atomic E-state index is 12.7. The van der Waals surface area contributed by atoms with Gasteiger partial charge in [0.15, 0.2) is 0 Å². The number of aromatic nitrogens is 2. The molecule has 1 saturated carbocycles. The lowest BCUT2D eigenvalue weighted by Crippen LogP contribution is -2.33. The van der Waals surface area contributed by atoms with Gasteiger partial charge in [0.25, 0.3) is 0 Å². The molecule has 6 nitrogen and oxygen atoms in total. The molecular formula is C17H23N3O3S. The summed E-state index contributed by atoms with van der Waals surface area (Å²) < 4.78 is 33.6. The van der Waals surface area contributed by atoms with Crippen molar-refractivity contribution in [3.63, 3.8) is 0 Å². The monoisotopic (exact) mass is 349 g/mol. The minimum absolute atomic E-state index is 0.0380. The fourth-order valence-electron chi connectivity index (χ4n) is 3.31. The van der Waals surface area contributed by atoms with E-state index in [-0.39, 0.29) is 6.04 Å². The van der Waals surface area contributed by atoms with Crippen LogP contribution in [0.4, 0.5) is 0 Å². The van der Waals surface area contributed by atoms with Crippen LogP contribution in [0.3, 0.4) is 0 Å². The molecule has 0 unspecified atom stereocenters. The smallest absolute Gasteiger partial charge is 0.241 e. The van der Waals surface area contributed by atoms with Crippen LogP contribution in [-0.2, 0) is 16.4 Å². The Hall–Kier alpha value is -1.73. The quantitative estimate of drug-likeness (QED) is 0.897. The molecule has 0 radical (unpaired) electrons. The van der Waals surface area contributed by atoms with Crippen molar-refractivity contribution in [1.82, 2.24) is 14.9 Å². The van der Waals surface area contributed by atoms with Crippen LogP contribution in [-0.4, -0.2) is 24.7 Å². The van der Waals surface area contributed by atoms with Crippen LogP contribution in [0.15, 0.2) is 27.5 Å². The summed E-state index contributed by atoms with van der Waals surface area (Å²) in [6.07, 6.45) is 3.30. The van der Waals surface area contributed by atoms with E-state index in [1.54, 1.807) is 13.0 Å². The molecule has 0 aliphatic heterocycles. The average molecular weight is 349 g/mol. The summed E-state index contributed by atoms with van der Waals surface area (Å²) in [4.78, 5) is 0.374. The van der Waals surface area contributed by atoms with Gasteiger partial charge in [0.1, 0.15) is 0 Å². The zero-order valence-electron chi connectivity index (χ0n) is 14.2. The Morgan fingerprint density at radius 1 is 1.21 bits per heavy atom. The molecule has 1 aliphatic rings. The van der Waals surface area contributed by atoms with E-state index in [2.05, 4.69) is 14.9 Å². The molecule has 130 valence electrons. The van der Waals surface area contributed by atoms with Crippen molar-refractivity contribution in [2.75, 3.05) is 0 Å². The molecule has 24 heavy (non-hydrogen) atoms. The highest BCUT2D eigenvalue weighted by atomic mass is 32.2. The molecule has 1 aromatic heterocycles. The second-order valence-electron chi connectivity index (χ2n) is 6.69. The predicted octanol–water partition coefficient (Wildman–Crippen LogP) is 2.68. The molecular weight excluding hydrogens is 326 g/mol. The van der Waals surface area contributed by atoms with E-state index in [4.69, 9.17) is 4.42 Å². The number of aryl methyl sites for hydroxylation is 3. The molecule has 3 rings (SSSR count). The van der Waals surface area contributed by atoms with Gasteiger partial charge in [0, 0.05) is 19.4 Å². The van der Waals surface area contributed by atoms with Crippen molar-refractivity contribution in [3.05, 3.63) is 41.1 Å². The molecule has 1 aliphatic carbocycles. The Morgan fingerprint density at radius 2 is 2.00 bits per heavy atom. The second-order valence-corrected chi connectivity index (χ2v) is 8.37. The van der Waals surface area contributed by atoms with E-state index in [1.165, 1.54) is 0 Å². The summed E-state index contributed by atoms with van der Waals surface area (Å²) in [5.41, 5.74) is 1.71. The summed E-state index contributed by atoms with van der Waals surface area (Å²) in [6, 6.07) is 5.46. The number of benzene rings is 1. The van der Waals surface area contributed by atoms with Gasteiger partial charge < -0.3 is 4.42 Å². The topological polar surface area (TPSA) is 85.1 Å². The highest BCUT2D eigenvalue weighted by molar-refractivity contribution is 7.89. The first-order valence-electron chi connectivity index (χ1n) is 8.22. The van der Waals surface area contributed by atoms with Crippen LogP contribution in [0.25, 0.3) is 0 Å². The number of hydrogen-bond donors (Lipinski definition) is 1. The minimum atomic E-state index is -3.49. The molecule has 2 atom stereocenters. The molecule has 7 heteroatoms. The number of hydrogen-bond acceptors (Lipinski definition) is 5. The summed E-state index contributed by atoms with van der Waals surface area (Å²) >= 11 is 0. The van der Waals surface area contributed by atoms with Crippen LogP contribution in [0.2, 0.25) is 0 Å². The summed E-state index contributed by atoms with van der Waals surface area (Å²) in [6.45, 7) is 5.49.